The van der Waals surface area contributed by atoms with Gasteiger partial charge in [-0.15, -0.1) is 0 Å². The van der Waals surface area contributed by atoms with E-state index < -0.39 is 47.6 Å². The van der Waals surface area contributed by atoms with Crippen LogP contribution in [0.15, 0.2) is 18.2 Å². The summed E-state index contributed by atoms with van der Waals surface area (Å²) in [5.74, 6) is -2.81. The highest BCUT2D eigenvalue weighted by atomic mass is 32.2. The van der Waals surface area contributed by atoms with Gasteiger partial charge in [-0.05, 0) is 129 Å². The van der Waals surface area contributed by atoms with Crippen LogP contribution in [0.1, 0.15) is 158 Å². The van der Waals surface area contributed by atoms with E-state index in [-0.39, 0.29) is 17.3 Å². The third kappa shape index (κ3) is 10.5. The summed E-state index contributed by atoms with van der Waals surface area (Å²) in [5, 5.41) is 20.7. The summed E-state index contributed by atoms with van der Waals surface area (Å²) >= 11 is 0. The number of carbonyl (C=O) groups is 1. The number of fused-ring (bicyclic) bond motifs is 5. The van der Waals surface area contributed by atoms with Gasteiger partial charge in [-0.2, -0.15) is 22.0 Å². The lowest BCUT2D eigenvalue weighted by Gasteiger charge is -2.53. The number of aliphatic hydroxyl groups is 1. The Bertz CT molecular complexity index is 1610. The molecule has 0 radical (unpaired) electrons. The number of benzene rings is 1. The summed E-state index contributed by atoms with van der Waals surface area (Å²) in [7, 11) is -3.73. The average molecular weight is 832 g/mol. The average Bonchev–Trinajstić information content (AvgIpc) is 3.48. The van der Waals surface area contributed by atoms with E-state index in [1.165, 1.54) is 29.5 Å². The van der Waals surface area contributed by atoms with E-state index in [1.54, 1.807) is 4.90 Å². The number of aliphatic hydroxyl groups excluding tert-OH is 1. The first kappa shape index (κ1) is 44.5. The molecule has 2 aliphatic heterocycles. The Morgan fingerprint density at radius 3 is 2.30 bits per heavy atom. The zero-order valence-electron chi connectivity index (χ0n) is 33.8. The molecular weight excluding hydrogens is 766 g/mol. The van der Waals surface area contributed by atoms with E-state index in [9.17, 15) is 45.4 Å². The quantitative estimate of drug-likeness (QED) is 0.107. The molecule has 2 saturated heterocycles. The number of hydrogen-bond acceptors (Lipinski definition) is 5. The molecule has 5 aliphatic rings. The van der Waals surface area contributed by atoms with Gasteiger partial charge in [0, 0.05) is 38.1 Å². The van der Waals surface area contributed by atoms with E-state index in [2.05, 4.69) is 34.7 Å². The lowest BCUT2D eigenvalue weighted by Crippen LogP contribution is -2.49. The number of unbranched alkanes of at least 4 members (excludes halogenated alkanes) is 6. The molecule has 14 heteroatoms. The molecule has 6 rings (SSSR count). The zero-order chi connectivity index (χ0) is 41.0. The fraction of sp³-hybridized carbons (Fsp3) is 0.837. The number of amides is 1. The highest BCUT2D eigenvalue weighted by Gasteiger charge is 2.57. The summed E-state index contributed by atoms with van der Waals surface area (Å²) in [6.07, 6.45) is 9.27. The maximum atomic E-state index is 13.1. The van der Waals surface area contributed by atoms with Crippen LogP contribution in [-0.2, 0) is 16.4 Å². The number of piperidine rings is 2. The van der Waals surface area contributed by atoms with Crippen molar-refractivity contribution in [3.63, 3.8) is 0 Å². The molecule has 0 aromatic heterocycles. The lowest BCUT2D eigenvalue weighted by molar-refractivity contribution is -0.284. The Balaban J connectivity index is 1.00. The van der Waals surface area contributed by atoms with E-state index in [4.69, 9.17) is 0 Å². The molecule has 3 N–H and O–H groups in total. The van der Waals surface area contributed by atoms with Crippen molar-refractivity contribution in [2.75, 3.05) is 31.9 Å². The van der Waals surface area contributed by atoms with Gasteiger partial charge in [-0.25, -0.2) is 17.9 Å². The van der Waals surface area contributed by atoms with Crippen molar-refractivity contribution < 1.29 is 45.4 Å². The second-order valence-corrected chi connectivity index (χ2v) is 20.3. The van der Waals surface area contributed by atoms with Crippen LogP contribution in [0.4, 0.5) is 26.7 Å². The van der Waals surface area contributed by atoms with Gasteiger partial charge in [0.2, 0.25) is 10.0 Å². The minimum atomic E-state index is -5.63. The number of alkyl halides is 5. The summed E-state index contributed by atoms with van der Waals surface area (Å²) in [6, 6.07) is 8.17. The molecule has 4 fully saturated rings. The van der Waals surface area contributed by atoms with Gasteiger partial charge in [-0.3, -0.25) is 4.90 Å². The molecule has 1 unspecified atom stereocenters. The van der Waals surface area contributed by atoms with Crippen LogP contribution in [0.25, 0.3) is 0 Å². The lowest BCUT2D eigenvalue weighted by atomic mass is 9.52. The molecular formula is C43H66F5N3O5S. The van der Waals surface area contributed by atoms with Crippen molar-refractivity contribution in [3.8, 4) is 0 Å². The molecule has 2 heterocycles. The Hall–Kier alpha value is -2.03. The largest absolute Gasteiger partial charge is 0.465 e. The van der Waals surface area contributed by atoms with Crippen LogP contribution in [0.5, 0.6) is 0 Å². The number of rotatable bonds is 17. The van der Waals surface area contributed by atoms with Gasteiger partial charge in [0.05, 0.1) is 11.9 Å². The van der Waals surface area contributed by atoms with Gasteiger partial charge < -0.3 is 15.1 Å². The van der Waals surface area contributed by atoms with Crippen molar-refractivity contribution in [3.05, 3.63) is 34.9 Å². The topological polar surface area (TPSA) is 110 Å². The van der Waals surface area contributed by atoms with Crippen LogP contribution in [-0.4, -0.2) is 90.7 Å². The Labute approximate surface area is 336 Å². The van der Waals surface area contributed by atoms with E-state index in [0.717, 1.165) is 96.4 Å². The minimum Gasteiger partial charge on any atom is -0.465 e. The summed E-state index contributed by atoms with van der Waals surface area (Å²) < 4.78 is 89.7. The minimum absolute atomic E-state index is 0.0134. The van der Waals surface area contributed by atoms with Gasteiger partial charge in [0.1, 0.15) is 0 Å². The molecule has 1 aromatic rings. The summed E-state index contributed by atoms with van der Waals surface area (Å²) in [4.78, 5) is 15.8. The first-order valence-corrected chi connectivity index (χ1v) is 23.6. The fourth-order valence-electron chi connectivity index (χ4n) is 11.7. The van der Waals surface area contributed by atoms with Crippen LogP contribution in [0.3, 0.4) is 0 Å². The first-order chi connectivity index (χ1) is 27.0. The summed E-state index contributed by atoms with van der Waals surface area (Å²) in [5.41, 5.74) is 4.44. The molecule has 0 spiro atoms. The SMILES string of the molecule is C[C@]12CC[C@@H]3c4ccc(C5CCCCN5C5CCN(C(=O)O)CC5)cc4C[C@@H](CCCCCCCCCS(=O)(=O)NCCCC(F)(F)C(F)(F)F)[C@H]3[C@@H]1CC[C@@H]2O. The maximum absolute atomic E-state index is 13.1. The first-order valence-electron chi connectivity index (χ1n) is 22.0. The van der Waals surface area contributed by atoms with Gasteiger partial charge in [0.15, 0.2) is 0 Å². The van der Waals surface area contributed by atoms with Gasteiger partial charge in [0.25, 0.3) is 0 Å². The third-order valence-electron chi connectivity index (χ3n) is 14.9. The molecule has 2 saturated carbocycles. The van der Waals surface area contributed by atoms with E-state index in [1.807, 2.05) is 0 Å². The molecule has 3 aliphatic carbocycles. The number of nitrogens with one attached hydrogen (secondary N) is 1. The Morgan fingerprint density at radius 1 is 0.895 bits per heavy atom. The molecule has 1 aromatic carbocycles. The number of sulfonamides is 1. The molecule has 324 valence electrons. The highest BCUT2D eigenvalue weighted by Crippen LogP contribution is 2.63. The number of carboxylic acid groups (broad SMARTS) is 1. The monoisotopic (exact) mass is 831 g/mol. The molecule has 0 bridgehead atoms. The molecule has 1 amide bonds. The smallest absolute Gasteiger partial charge is 0.453 e. The summed E-state index contributed by atoms with van der Waals surface area (Å²) in [6.45, 7) is 4.16. The standard InChI is InChI=1S/C43H66F5N3O5S/c1-41-22-18-35-34-15-14-30(37-13-8-9-24-51(37)33-19-25-50(26-20-33)40(53)54)28-32(34)29-31(39(35)36(41)16-17-38(41)52)12-7-5-3-2-4-6-10-27-57(55,56)49-23-11-21-42(44,45)43(46,47)48/h14-15,28,31,33,35-39,49,52H,2-13,16-27,29H2,1H3,(H,53,54)/t31-,35-,36+,37?,38+,39-,41+/m1/s1. The van der Waals surface area contributed by atoms with Crippen molar-refractivity contribution in [1.82, 2.24) is 14.5 Å². The highest BCUT2D eigenvalue weighted by molar-refractivity contribution is 7.89. The number of likely N-dealkylation sites (tertiary alicyclic amines) is 2. The van der Waals surface area contributed by atoms with Crippen LogP contribution < -0.4 is 4.72 Å². The van der Waals surface area contributed by atoms with E-state index >= 15 is 0 Å². The second kappa shape index (κ2) is 18.7. The Morgan fingerprint density at radius 2 is 1.60 bits per heavy atom. The Kier molecular flexibility index (Phi) is 14.6. The molecule has 57 heavy (non-hydrogen) atoms. The predicted octanol–water partition coefficient (Wildman–Crippen LogP) is 9.82. The van der Waals surface area contributed by atoms with Crippen molar-refractivity contribution in [2.24, 2.45) is 23.2 Å². The van der Waals surface area contributed by atoms with Crippen molar-refractivity contribution >= 4 is 16.1 Å². The zero-order valence-corrected chi connectivity index (χ0v) is 34.6. The van der Waals surface area contributed by atoms with Crippen molar-refractivity contribution in [1.29, 1.82) is 0 Å². The second-order valence-electron chi connectivity index (χ2n) is 18.4. The van der Waals surface area contributed by atoms with E-state index in [0.29, 0.717) is 61.7 Å². The number of nitrogens with zero attached hydrogens (tertiary/aromatic N) is 2. The predicted molar refractivity (Wildman–Crippen MR) is 211 cm³/mol. The number of halogens is 5. The molecule has 7 atom stereocenters. The maximum Gasteiger partial charge on any atom is 0.453 e. The molecule has 8 nitrogen and oxygen atoms in total. The fourth-order valence-corrected chi connectivity index (χ4v) is 12.9. The van der Waals surface area contributed by atoms with Gasteiger partial charge in [-0.1, -0.05) is 70.1 Å². The third-order valence-corrected chi connectivity index (χ3v) is 16.4. The van der Waals surface area contributed by atoms with Crippen LogP contribution in [0.2, 0.25) is 0 Å². The normalized spacial score (nSPS) is 30.2. The number of hydrogen-bond donors (Lipinski definition) is 3. The van der Waals surface area contributed by atoms with Crippen LogP contribution in [0, 0.1) is 23.2 Å². The van der Waals surface area contributed by atoms with Crippen LogP contribution >= 0.6 is 0 Å². The van der Waals surface area contributed by atoms with Crippen molar-refractivity contribution in [2.45, 2.75) is 172 Å². The van der Waals surface area contributed by atoms with Gasteiger partial charge >= 0.3 is 18.2 Å².